The first-order valence-electron chi connectivity index (χ1n) is 3.10. The van der Waals surface area contributed by atoms with Crippen LogP contribution in [0.2, 0.25) is 14.8 Å². The molecule has 1 heteroatoms. The SMILES string of the molecule is C=C(C)C#[C][Sn]([CH3])([CH3])[CH3]. The van der Waals surface area contributed by atoms with Crippen molar-refractivity contribution in [1.82, 2.24) is 0 Å². The summed E-state index contributed by atoms with van der Waals surface area (Å²) in [5.41, 5.74) is 0.988. The molecule has 0 aliphatic heterocycles. The van der Waals surface area contributed by atoms with Crippen molar-refractivity contribution in [2.24, 2.45) is 0 Å². The number of hydrogen-bond acceptors (Lipinski definition) is 0. The van der Waals surface area contributed by atoms with Crippen molar-refractivity contribution < 1.29 is 0 Å². The van der Waals surface area contributed by atoms with E-state index >= 15 is 0 Å². The summed E-state index contributed by atoms with van der Waals surface area (Å²) >= 11 is -1.78. The van der Waals surface area contributed by atoms with Crippen LogP contribution in [-0.4, -0.2) is 18.4 Å². The average Bonchev–Trinajstić information content (AvgIpc) is 1.59. The van der Waals surface area contributed by atoms with Crippen LogP contribution in [0.15, 0.2) is 12.2 Å². The van der Waals surface area contributed by atoms with E-state index < -0.39 is 18.4 Å². The zero-order valence-corrected chi connectivity index (χ0v) is 9.56. The third kappa shape index (κ3) is 8.10. The van der Waals surface area contributed by atoms with Crippen LogP contribution in [0.3, 0.4) is 0 Å². The van der Waals surface area contributed by atoms with Crippen LogP contribution in [-0.2, 0) is 0 Å². The zero-order valence-electron chi connectivity index (χ0n) is 6.71. The summed E-state index contributed by atoms with van der Waals surface area (Å²) in [5.74, 6) is 3.03. The molecule has 0 saturated heterocycles. The molecule has 0 heterocycles. The van der Waals surface area contributed by atoms with E-state index in [1.165, 1.54) is 0 Å². The van der Waals surface area contributed by atoms with Crippen LogP contribution in [0.5, 0.6) is 0 Å². The van der Waals surface area contributed by atoms with E-state index in [1.807, 2.05) is 6.92 Å². The second-order valence-corrected chi connectivity index (χ2v) is 16.8. The summed E-state index contributed by atoms with van der Waals surface area (Å²) in [6.07, 6.45) is 0. The normalized spacial score (nSPS) is 9.78. The molecule has 0 unspecified atom stereocenters. The monoisotopic (exact) mass is 230 g/mol. The van der Waals surface area contributed by atoms with Crippen molar-refractivity contribution in [2.75, 3.05) is 0 Å². The summed E-state index contributed by atoms with van der Waals surface area (Å²) in [4.78, 5) is 6.89. The maximum atomic E-state index is 3.72. The second-order valence-electron chi connectivity index (χ2n) is 3.28. The third-order valence-corrected chi connectivity index (χ3v) is 3.15. The van der Waals surface area contributed by atoms with Gasteiger partial charge < -0.3 is 0 Å². The van der Waals surface area contributed by atoms with Crippen molar-refractivity contribution in [3.8, 4) is 9.86 Å². The van der Waals surface area contributed by atoms with Gasteiger partial charge in [-0.05, 0) is 0 Å². The van der Waals surface area contributed by atoms with Crippen LogP contribution < -0.4 is 0 Å². The van der Waals surface area contributed by atoms with Gasteiger partial charge in [-0.2, -0.15) is 0 Å². The van der Waals surface area contributed by atoms with Gasteiger partial charge in [-0.15, -0.1) is 0 Å². The van der Waals surface area contributed by atoms with Gasteiger partial charge in [0, 0.05) is 0 Å². The molecule has 0 N–H and O–H groups in total. The molecule has 0 saturated carbocycles. The van der Waals surface area contributed by atoms with Gasteiger partial charge in [-0.25, -0.2) is 0 Å². The predicted octanol–water partition coefficient (Wildman–Crippen LogP) is 2.44. The predicted molar refractivity (Wildman–Crippen MR) is 45.9 cm³/mol. The Balaban J connectivity index is 4.04. The molecule has 0 fully saturated rings. The van der Waals surface area contributed by atoms with Crippen LogP contribution in [0.1, 0.15) is 6.92 Å². The van der Waals surface area contributed by atoms with Gasteiger partial charge in [0.05, 0.1) is 0 Å². The zero-order chi connectivity index (χ0) is 7.49. The van der Waals surface area contributed by atoms with Crippen molar-refractivity contribution in [1.29, 1.82) is 0 Å². The summed E-state index contributed by atoms with van der Waals surface area (Å²) in [6, 6.07) is 0. The van der Waals surface area contributed by atoms with E-state index in [-0.39, 0.29) is 0 Å². The second kappa shape index (κ2) is 3.31. The van der Waals surface area contributed by atoms with Crippen LogP contribution in [0, 0.1) is 9.86 Å². The van der Waals surface area contributed by atoms with Gasteiger partial charge in [0.2, 0.25) is 0 Å². The van der Waals surface area contributed by atoms with Gasteiger partial charge in [0.1, 0.15) is 0 Å². The van der Waals surface area contributed by atoms with E-state index in [0.29, 0.717) is 0 Å². The number of hydrogen-bond donors (Lipinski definition) is 0. The Hall–Kier alpha value is 0.0987. The summed E-state index contributed by atoms with van der Waals surface area (Å²) < 4.78 is 3.28. The molecular weight excluding hydrogens is 215 g/mol. The Morgan fingerprint density at radius 2 is 1.78 bits per heavy atom. The first-order valence-corrected chi connectivity index (χ1v) is 13.1. The Bertz CT molecular complexity index is 161. The molecule has 0 aliphatic rings. The van der Waals surface area contributed by atoms with Gasteiger partial charge in [0.15, 0.2) is 0 Å². The average molecular weight is 229 g/mol. The Morgan fingerprint density at radius 3 is 1.89 bits per heavy atom. The number of rotatable bonds is 0. The van der Waals surface area contributed by atoms with Gasteiger partial charge in [-0.3, -0.25) is 0 Å². The first kappa shape index (κ1) is 9.10. The van der Waals surface area contributed by atoms with Crippen molar-refractivity contribution in [2.45, 2.75) is 21.7 Å². The van der Waals surface area contributed by atoms with E-state index in [4.69, 9.17) is 0 Å². The first-order chi connectivity index (χ1) is 3.92. The van der Waals surface area contributed by atoms with Crippen LogP contribution in [0.4, 0.5) is 0 Å². The molecule has 0 radical (unpaired) electrons. The van der Waals surface area contributed by atoms with Gasteiger partial charge in [-0.1, -0.05) is 0 Å². The minimum atomic E-state index is -1.78. The molecule has 9 heavy (non-hydrogen) atoms. The van der Waals surface area contributed by atoms with Crippen LogP contribution in [0.25, 0.3) is 0 Å². The Morgan fingerprint density at radius 1 is 1.33 bits per heavy atom. The maximum absolute atomic E-state index is 3.72. The van der Waals surface area contributed by atoms with Crippen molar-refractivity contribution in [3.63, 3.8) is 0 Å². The molecule has 0 nitrogen and oxygen atoms in total. The molecule has 0 bridgehead atoms. The van der Waals surface area contributed by atoms with E-state index in [2.05, 4.69) is 31.3 Å². The molecular formula is C8H14Sn. The fraction of sp³-hybridized carbons (Fsp3) is 0.500. The van der Waals surface area contributed by atoms with Crippen molar-refractivity contribution in [3.05, 3.63) is 12.2 Å². The summed E-state index contributed by atoms with van der Waals surface area (Å²) in [7, 11) is 0. The molecule has 0 aromatic heterocycles. The quantitative estimate of drug-likeness (QED) is 0.442. The number of allylic oxidation sites excluding steroid dienone is 1. The van der Waals surface area contributed by atoms with Gasteiger partial charge in [0.25, 0.3) is 0 Å². The Labute approximate surface area is 62.2 Å². The molecule has 0 rings (SSSR count). The topological polar surface area (TPSA) is 0 Å². The third-order valence-electron chi connectivity index (χ3n) is 0.651. The standard InChI is InChI=1S/C5H5.3CH3.Sn/c1-4-5(2)3;;;;/h2H2,3H3;3*1H3;. The van der Waals surface area contributed by atoms with Gasteiger partial charge >= 0.3 is 62.1 Å². The van der Waals surface area contributed by atoms with Crippen LogP contribution >= 0.6 is 0 Å². The molecule has 0 aromatic carbocycles. The fourth-order valence-electron chi connectivity index (χ4n) is 0.294. The molecule has 0 spiro atoms. The molecule has 0 atom stereocenters. The fourth-order valence-corrected chi connectivity index (χ4v) is 1.97. The van der Waals surface area contributed by atoms with Crippen molar-refractivity contribution >= 4 is 18.4 Å². The van der Waals surface area contributed by atoms with E-state index in [9.17, 15) is 0 Å². The summed E-state index contributed by atoms with van der Waals surface area (Å²) in [6.45, 7) is 5.67. The molecule has 0 aliphatic carbocycles. The molecule has 0 amide bonds. The molecule has 50 valence electrons. The molecule has 0 aromatic rings. The summed E-state index contributed by atoms with van der Waals surface area (Å²) in [5, 5.41) is 0. The minimum absolute atomic E-state index is 0.988. The Kier molecular flexibility index (Phi) is 3.35. The van der Waals surface area contributed by atoms with E-state index in [1.54, 1.807) is 0 Å². The van der Waals surface area contributed by atoms with E-state index in [0.717, 1.165) is 5.57 Å².